The molecule has 2 aromatic carbocycles. The number of benzene rings is 2. The van der Waals surface area contributed by atoms with Crippen molar-refractivity contribution in [1.82, 2.24) is 4.90 Å². The van der Waals surface area contributed by atoms with Crippen molar-refractivity contribution in [2.75, 3.05) is 0 Å². The molecule has 26 heavy (non-hydrogen) atoms. The zero-order valence-corrected chi connectivity index (χ0v) is 14.4. The van der Waals surface area contributed by atoms with Gasteiger partial charge in [0.05, 0.1) is 16.5 Å². The molecule has 2 aliphatic carbocycles. The molecular formula is C20H19FN2O3. The number of amides is 1. The first-order valence-corrected chi connectivity index (χ1v) is 8.82. The molecule has 0 N–H and O–H groups in total. The molecule has 2 aliphatic rings. The van der Waals surface area contributed by atoms with Gasteiger partial charge in [0.15, 0.2) is 0 Å². The lowest BCUT2D eigenvalue weighted by Crippen LogP contribution is -2.36. The number of aryl methyl sites for hydroxylation is 1. The van der Waals surface area contributed by atoms with Crippen molar-refractivity contribution in [2.45, 2.75) is 44.7 Å². The van der Waals surface area contributed by atoms with Crippen LogP contribution >= 0.6 is 0 Å². The highest BCUT2D eigenvalue weighted by atomic mass is 19.1. The van der Waals surface area contributed by atoms with Crippen molar-refractivity contribution < 1.29 is 14.1 Å². The highest BCUT2D eigenvalue weighted by Crippen LogP contribution is 2.42. The molecule has 6 heteroatoms. The third kappa shape index (κ3) is 2.75. The quantitative estimate of drug-likeness (QED) is 0.606. The largest absolute Gasteiger partial charge is 0.329 e. The molecule has 0 aliphatic heterocycles. The zero-order valence-electron chi connectivity index (χ0n) is 14.4. The predicted octanol–water partition coefficient (Wildman–Crippen LogP) is 4.33. The van der Waals surface area contributed by atoms with E-state index >= 15 is 0 Å². The molecule has 0 radical (unpaired) electrons. The smallest absolute Gasteiger partial charge is 0.276 e. The maximum Gasteiger partial charge on any atom is 0.276 e. The van der Waals surface area contributed by atoms with Crippen LogP contribution in [0.3, 0.4) is 0 Å². The van der Waals surface area contributed by atoms with Gasteiger partial charge in [-0.25, -0.2) is 4.39 Å². The van der Waals surface area contributed by atoms with Crippen LogP contribution in [0, 0.1) is 22.9 Å². The summed E-state index contributed by atoms with van der Waals surface area (Å²) in [5, 5.41) is 11.2. The van der Waals surface area contributed by atoms with Crippen LogP contribution in [0.2, 0.25) is 0 Å². The van der Waals surface area contributed by atoms with Crippen LogP contribution in [0.4, 0.5) is 10.1 Å². The minimum absolute atomic E-state index is 0.0456. The Morgan fingerprint density at radius 3 is 2.65 bits per heavy atom. The van der Waals surface area contributed by atoms with Crippen molar-refractivity contribution in [2.24, 2.45) is 0 Å². The average Bonchev–Trinajstić information content (AvgIpc) is 3.37. The van der Waals surface area contributed by atoms with E-state index in [0.29, 0.717) is 0 Å². The first-order valence-electron chi connectivity index (χ1n) is 8.82. The Morgan fingerprint density at radius 1 is 1.23 bits per heavy atom. The minimum atomic E-state index is -0.717. The maximum absolute atomic E-state index is 14.2. The van der Waals surface area contributed by atoms with E-state index in [1.807, 2.05) is 23.1 Å². The van der Waals surface area contributed by atoms with Gasteiger partial charge in [-0.05, 0) is 49.8 Å². The fourth-order valence-corrected chi connectivity index (χ4v) is 3.86. The molecule has 0 saturated heterocycles. The lowest BCUT2D eigenvalue weighted by molar-refractivity contribution is -0.385. The summed E-state index contributed by atoms with van der Waals surface area (Å²) < 4.78 is 14.2. The summed E-state index contributed by atoms with van der Waals surface area (Å²) in [4.78, 5) is 25.6. The Balaban J connectivity index is 1.73. The minimum Gasteiger partial charge on any atom is -0.329 e. The molecule has 2 aromatic rings. The second-order valence-electron chi connectivity index (χ2n) is 7.06. The highest BCUT2D eigenvalue weighted by molar-refractivity contribution is 5.96. The number of nitrogens with zero attached hydrogens (tertiary/aromatic N) is 2. The molecular weight excluding hydrogens is 335 g/mol. The summed E-state index contributed by atoms with van der Waals surface area (Å²) in [5.41, 5.74) is 2.02. The van der Waals surface area contributed by atoms with E-state index in [-0.39, 0.29) is 34.8 Å². The number of carbonyl (C=O) groups excluding carboxylic acids is 1. The topological polar surface area (TPSA) is 63.5 Å². The molecule has 0 spiro atoms. The fourth-order valence-electron chi connectivity index (χ4n) is 3.86. The van der Waals surface area contributed by atoms with E-state index in [2.05, 4.69) is 6.07 Å². The SMILES string of the molecule is Cc1c(F)cc(C(=O)N(C2CC2)C2CCc3ccccc32)cc1[N+](=O)[O-]. The molecule has 0 heterocycles. The van der Waals surface area contributed by atoms with Gasteiger partial charge in [0.1, 0.15) is 5.82 Å². The van der Waals surface area contributed by atoms with E-state index in [1.165, 1.54) is 18.6 Å². The number of fused-ring (bicyclic) bond motifs is 1. The second kappa shape index (κ2) is 6.20. The van der Waals surface area contributed by atoms with Gasteiger partial charge in [-0.3, -0.25) is 14.9 Å². The summed E-state index contributed by atoms with van der Waals surface area (Å²) in [6, 6.07) is 10.5. The number of hydrogen-bond acceptors (Lipinski definition) is 3. The Hall–Kier alpha value is -2.76. The predicted molar refractivity (Wildman–Crippen MR) is 94.5 cm³/mol. The van der Waals surface area contributed by atoms with Crippen LogP contribution in [0.5, 0.6) is 0 Å². The molecule has 1 unspecified atom stereocenters. The van der Waals surface area contributed by atoms with E-state index in [4.69, 9.17) is 0 Å². The molecule has 1 amide bonds. The van der Waals surface area contributed by atoms with Crippen LogP contribution in [0.25, 0.3) is 0 Å². The Kier molecular flexibility index (Phi) is 3.98. The zero-order chi connectivity index (χ0) is 18.4. The average molecular weight is 354 g/mol. The highest BCUT2D eigenvalue weighted by Gasteiger charge is 2.41. The molecule has 0 aromatic heterocycles. The molecule has 0 bridgehead atoms. The number of hydrogen-bond donors (Lipinski definition) is 0. The number of nitro benzene ring substituents is 1. The summed E-state index contributed by atoms with van der Waals surface area (Å²) in [6.07, 6.45) is 3.57. The number of nitro groups is 1. The normalized spacial score (nSPS) is 18.5. The molecule has 5 nitrogen and oxygen atoms in total. The first-order chi connectivity index (χ1) is 12.5. The summed E-state index contributed by atoms with van der Waals surface area (Å²) in [5.74, 6) is -1.04. The fraction of sp³-hybridized carbons (Fsp3) is 0.350. The van der Waals surface area contributed by atoms with Crippen molar-refractivity contribution in [3.63, 3.8) is 0 Å². The third-order valence-corrected chi connectivity index (χ3v) is 5.37. The van der Waals surface area contributed by atoms with Gasteiger partial charge in [-0.15, -0.1) is 0 Å². The van der Waals surface area contributed by atoms with E-state index in [0.717, 1.165) is 37.3 Å². The first kappa shape index (κ1) is 16.7. The van der Waals surface area contributed by atoms with Gasteiger partial charge >= 0.3 is 0 Å². The van der Waals surface area contributed by atoms with Gasteiger partial charge in [-0.2, -0.15) is 0 Å². The summed E-state index contributed by atoms with van der Waals surface area (Å²) in [6.45, 7) is 1.35. The van der Waals surface area contributed by atoms with E-state index in [1.54, 1.807) is 0 Å². The second-order valence-corrected chi connectivity index (χ2v) is 7.06. The third-order valence-electron chi connectivity index (χ3n) is 5.37. The van der Waals surface area contributed by atoms with Crippen molar-refractivity contribution in [3.05, 3.63) is 74.6 Å². The Labute approximate surface area is 150 Å². The van der Waals surface area contributed by atoms with Crippen molar-refractivity contribution in [3.8, 4) is 0 Å². The lowest BCUT2D eigenvalue weighted by Gasteiger charge is -2.30. The van der Waals surface area contributed by atoms with Gasteiger partial charge in [0.2, 0.25) is 0 Å². The van der Waals surface area contributed by atoms with Gasteiger partial charge in [0.25, 0.3) is 11.6 Å². The monoisotopic (exact) mass is 354 g/mol. The number of rotatable bonds is 4. The molecule has 1 atom stereocenters. The van der Waals surface area contributed by atoms with Crippen molar-refractivity contribution in [1.29, 1.82) is 0 Å². The Bertz CT molecular complexity index is 908. The van der Waals surface area contributed by atoms with E-state index < -0.39 is 10.7 Å². The van der Waals surface area contributed by atoms with Crippen LogP contribution < -0.4 is 0 Å². The maximum atomic E-state index is 14.2. The lowest BCUT2D eigenvalue weighted by atomic mass is 10.0. The van der Waals surface area contributed by atoms with Crippen LogP contribution in [-0.4, -0.2) is 21.8 Å². The van der Waals surface area contributed by atoms with Gasteiger partial charge in [-0.1, -0.05) is 24.3 Å². The van der Waals surface area contributed by atoms with Crippen LogP contribution in [0.15, 0.2) is 36.4 Å². The summed E-state index contributed by atoms with van der Waals surface area (Å²) >= 11 is 0. The van der Waals surface area contributed by atoms with Gasteiger partial charge < -0.3 is 4.90 Å². The number of halogens is 1. The van der Waals surface area contributed by atoms with Crippen molar-refractivity contribution >= 4 is 11.6 Å². The standard InChI is InChI=1S/C20H19FN2O3/c1-12-17(21)10-14(11-19(12)23(25)26)20(24)22(15-7-8-15)18-9-6-13-4-2-3-5-16(13)18/h2-5,10-11,15,18H,6-9H2,1H3. The van der Waals surface area contributed by atoms with Gasteiger partial charge in [0, 0.05) is 17.7 Å². The summed E-state index contributed by atoms with van der Waals surface area (Å²) in [7, 11) is 0. The van der Waals surface area contributed by atoms with E-state index in [9.17, 15) is 19.3 Å². The molecule has 134 valence electrons. The molecule has 1 fully saturated rings. The number of carbonyl (C=O) groups is 1. The molecule has 1 saturated carbocycles. The van der Waals surface area contributed by atoms with Crippen LogP contribution in [0.1, 0.15) is 52.4 Å². The Morgan fingerprint density at radius 2 is 1.96 bits per heavy atom. The molecule has 4 rings (SSSR count). The van der Waals surface area contributed by atoms with Crippen LogP contribution in [-0.2, 0) is 6.42 Å².